The van der Waals surface area contributed by atoms with Crippen molar-refractivity contribution in [2.75, 3.05) is 39.3 Å². The highest BCUT2D eigenvalue weighted by atomic mass is 16.2. The van der Waals surface area contributed by atoms with Gasteiger partial charge in [-0.25, -0.2) is 0 Å². The van der Waals surface area contributed by atoms with Gasteiger partial charge in [-0.05, 0) is 44.9 Å². The van der Waals surface area contributed by atoms with Crippen LogP contribution in [0, 0.1) is 0 Å². The number of rotatable bonds is 4. The molecule has 3 heterocycles. The van der Waals surface area contributed by atoms with Gasteiger partial charge in [0.1, 0.15) is 0 Å². The third-order valence-corrected chi connectivity index (χ3v) is 6.27. The minimum atomic E-state index is 0.178. The number of nitrogens with zero attached hydrogens (tertiary/aromatic N) is 4. The molecule has 6 heteroatoms. The van der Waals surface area contributed by atoms with E-state index >= 15 is 0 Å². The molecule has 0 bridgehead atoms. The lowest BCUT2D eigenvalue weighted by Crippen LogP contribution is -2.50. The molecular weight excluding hydrogens is 326 g/mol. The van der Waals surface area contributed by atoms with Gasteiger partial charge in [-0.2, -0.15) is 5.10 Å². The number of hydrogen-bond donors (Lipinski definition) is 1. The van der Waals surface area contributed by atoms with Crippen LogP contribution < -0.4 is 5.32 Å². The Morgan fingerprint density at radius 3 is 2.65 bits per heavy atom. The Labute approximate surface area is 156 Å². The van der Waals surface area contributed by atoms with Crippen LogP contribution in [-0.4, -0.2) is 70.8 Å². The summed E-state index contributed by atoms with van der Waals surface area (Å²) in [5.41, 5.74) is 3.34. The number of aromatic nitrogens is 2. The van der Waals surface area contributed by atoms with Crippen LogP contribution in [0.15, 0.2) is 0 Å². The highest BCUT2D eigenvalue weighted by Gasteiger charge is 2.33. The van der Waals surface area contributed by atoms with E-state index in [1.165, 1.54) is 24.1 Å². The average molecular weight is 360 g/mol. The predicted octanol–water partition coefficient (Wildman–Crippen LogP) is 1.68. The van der Waals surface area contributed by atoms with E-state index in [-0.39, 0.29) is 5.91 Å². The molecule has 1 N–H and O–H groups in total. The van der Waals surface area contributed by atoms with Gasteiger partial charge in [0.25, 0.3) is 5.91 Å². The molecule has 1 atom stereocenters. The number of piperazine rings is 1. The van der Waals surface area contributed by atoms with Crippen LogP contribution in [0.25, 0.3) is 0 Å². The number of amides is 1. The molecule has 0 radical (unpaired) electrons. The molecule has 1 unspecified atom stereocenters. The van der Waals surface area contributed by atoms with Crippen molar-refractivity contribution in [1.29, 1.82) is 0 Å². The number of piperidine rings is 1. The summed E-state index contributed by atoms with van der Waals surface area (Å²) in [6.45, 7) is 9.32. The standard InChI is InChI=1S/C20H33N5O/c1-2-10-25-18-7-6-16(23-13-8-21-9-14-23)15-17(18)19(22-25)20(26)24-11-4-3-5-12-24/h16,21H,2-15H2,1H3. The zero-order chi connectivity index (χ0) is 17.9. The molecule has 0 spiro atoms. The lowest BCUT2D eigenvalue weighted by molar-refractivity contribution is 0.0715. The number of hydrogen-bond acceptors (Lipinski definition) is 4. The molecule has 26 heavy (non-hydrogen) atoms. The Morgan fingerprint density at radius 2 is 1.92 bits per heavy atom. The van der Waals surface area contributed by atoms with Gasteiger partial charge in [0.05, 0.1) is 0 Å². The molecule has 1 aromatic heterocycles. The van der Waals surface area contributed by atoms with E-state index < -0.39 is 0 Å². The second-order valence-corrected chi connectivity index (χ2v) is 8.03. The first-order valence-electron chi connectivity index (χ1n) is 10.6. The molecule has 1 aromatic rings. The highest BCUT2D eigenvalue weighted by molar-refractivity contribution is 5.94. The zero-order valence-electron chi connectivity index (χ0n) is 16.2. The second kappa shape index (κ2) is 8.09. The largest absolute Gasteiger partial charge is 0.337 e. The minimum Gasteiger partial charge on any atom is -0.337 e. The summed E-state index contributed by atoms with van der Waals surface area (Å²) in [5, 5.41) is 8.28. The third kappa shape index (κ3) is 3.54. The van der Waals surface area contributed by atoms with E-state index in [0.717, 1.165) is 83.6 Å². The van der Waals surface area contributed by atoms with Gasteiger partial charge in [-0.1, -0.05) is 6.92 Å². The minimum absolute atomic E-state index is 0.178. The number of aryl methyl sites for hydroxylation is 1. The Morgan fingerprint density at radius 1 is 1.15 bits per heavy atom. The first-order chi connectivity index (χ1) is 12.8. The SMILES string of the molecule is CCCn1nc(C(=O)N2CCCCC2)c2c1CCC(N1CCNCC1)C2. The van der Waals surface area contributed by atoms with E-state index in [9.17, 15) is 4.79 Å². The van der Waals surface area contributed by atoms with Gasteiger partial charge in [-0.15, -0.1) is 0 Å². The summed E-state index contributed by atoms with van der Waals surface area (Å²) in [6, 6.07) is 0.566. The zero-order valence-corrected chi connectivity index (χ0v) is 16.2. The molecule has 2 saturated heterocycles. The molecule has 2 aliphatic heterocycles. The summed E-state index contributed by atoms with van der Waals surface area (Å²) in [6.07, 6.45) is 7.82. The fourth-order valence-corrected chi connectivity index (χ4v) is 4.84. The van der Waals surface area contributed by atoms with Gasteiger partial charge < -0.3 is 10.2 Å². The van der Waals surface area contributed by atoms with Crippen LogP contribution in [0.2, 0.25) is 0 Å². The maximum absolute atomic E-state index is 13.2. The van der Waals surface area contributed by atoms with Crippen LogP contribution in [0.4, 0.5) is 0 Å². The maximum Gasteiger partial charge on any atom is 0.274 e. The van der Waals surface area contributed by atoms with Gasteiger partial charge in [-0.3, -0.25) is 14.4 Å². The van der Waals surface area contributed by atoms with E-state index in [0.29, 0.717) is 6.04 Å². The summed E-state index contributed by atoms with van der Waals surface area (Å²) in [7, 11) is 0. The fraction of sp³-hybridized carbons (Fsp3) is 0.800. The Bertz CT molecular complexity index is 628. The number of nitrogens with one attached hydrogen (secondary N) is 1. The summed E-state index contributed by atoms with van der Waals surface area (Å²) in [4.78, 5) is 17.9. The van der Waals surface area contributed by atoms with Crippen LogP contribution in [-0.2, 0) is 19.4 Å². The number of likely N-dealkylation sites (tertiary alicyclic amines) is 1. The molecule has 1 amide bonds. The summed E-state index contributed by atoms with van der Waals surface area (Å²) < 4.78 is 2.14. The molecular formula is C20H33N5O. The van der Waals surface area contributed by atoms with Crippen molar-refractivity contribution in [3.05, 3.63) is 17.0 Å². The molecule has 6 nitrogen and oxygen atoms in total. The fourth-order valence-electron chi connectivity index (χ4n) is 4.84. The van der Waals surface area contributed by atoms with Crippen LogP contribution in [0.5, 0.6) is 0 Å². The number of fused-ring (bicyclic) bond motifs is 1. The lowest BCUT2D eigenvalue weighted by Gasteiger charge is -2.37. The molecule has 144 valence electrons. The normalized spacial score (nSPS) is 24.5. The molecule has 0 saturated carbocycles. The van der Waals surface area contributed by atoms with Crippen LogP contribution >= 0.6 is 0 Å². The van der Waals surface area contributed by atoms with E-state index in [2.05, 4.69) is 21.8 Å². The Kier molecular flexibility index (Phi) is 5.60. The van der Waals surface area contributed by atoms with Gasteiger partial charge in [0, 0.05) is 63.1 Å². The van der Waals surface area contributed by atoms with Crippen molar-refractivity contribution in [3.63, 3.8) is 0 Å². The summed E-state index contributed by atoms with van der Waals surface area (Å²) >= 11 is 0. The summed E-state index contributed by atoms with van der Waals surface area (Å²) in [5.74, 6) is 0.178. The van der Waals surface area contributed by atoms with Crippen molar-refractivity contribution in [3.8, 4) is 0 Å². The number of carbonyl (C=O) groups is 1. The monoisotopic (exact) mass is 359 g/mol. The van der Waals surface area contributed by atoms with Crippen molar-refractivity contribution < 1.29 is 4.79 Å². The molecule has 1 aliphatic carbocycles. The molecule has 2 fully saturated rings. The van der Waals surface area contributed by atoms with Gasteiger partial charge in [0.15, 0.2) is 5.69 Å². The highest BCUT2D eigenvalue weighted by Crippen LogP contribution is 2.29. The number of carbonyl (C=O) groups excluding carboxylic acids is 1. The van der Waals surface area contributed by atoms with Gasteiger partial charge >= 0.3 is 0 Å². The van der Waals surface area contributed by atoms with Crippen molar-refractivity contribution in [2.24, 2.45) is 0 Å². The average Bonchev–Trinajstić information content (AvgIpc) is 3.07. The Balaban J connectivity index is 1.59. The van der Waals surface area contributed by atoms with Crippen molar-refractivity contribution in [1.82, 2.24) is 24.9 Å². The van der Waals surface area contributed by atoms with Gasteiger partial charge in [0.2, 0.25) is 0 Å². The molecule has 0 aromatic carbocycles. The first-order valence-corrected chi connectivity index (χ1v) is 10.6. The quantitative estimate of drug-likeness (QED) is 0.889. The van der Waals surface area contributed by atoms with E-state index in [4.69, 9.17) is 5.10 Å². The lowest BCUT2D eigenvalue weighted by atomic mass is 9.89. The van der Waals surface area contributed by atoms with Crippen molar-refractivity contribution >= 4 is 5.91 Å². The van der Waals surface area contributed by atoms with E-state index in [1.807, 2.05) is 4.90 Å². The van der Waals surface area contributed by atoms with E-state index in [1.54, 1.807) is 0 Å². The Hall–Kier alpha value is -1.40. The van der Waals surface area contributed by atoms with Crippen molar-refractivity contribution in [2.45, 2.75) is 64.5 Å². The predicted molar refractivity (Wildman–Crippen MR) is 103 cm³/mol. The second-order valence-electron chi connectivity index (χ2n) is 8.03. The maximum atomic E-state index is 13.2. The first kappa shape index (κ1) is 18.0. The molecule has 4 rings (SSSR count). The van der Waals surface area contributed by atoms with Crippen LogP contribution in [0.3, 0.4) is 0 Å². The third-order valence-electron chi connectivity index (χ3n) is 6.27. The smallest absolute Gasteiger partial charge is 0.274 e. The van der Waals surface area contributed by atoms with Crippen LogP contribution in [0.1, 0.15) is 60.8 Å². The topological polar surface area (TPSA) is 53.4 Å². The molecule has 3 aliphatic rings.